The number of hydrogen-bond donors (Lipinski definition) is 2. The largest absolute Gasteiger partial charge is 0.465 e. The minimum Gasteiger partial charge on any atom is -0.465 e. The van der Waals surface area contributed by atoms with Gasteiger partial charge in [0.1, 0.15) is 0 Å². The van der Waals surface area contributed by atoms with Crippen molar-refractivity contribution in [3.63, 3.8) is 0 Å². The molecule has 2 rings (SSSR count). The number of benzene rings is 1. The zero-order valence-electron chi connectivity index (χ0n) is 16.1. The lowest BCUT2D eigenvalue weighted by molar-refractivity contribution is -0.137. The van der Waals surface area contributed by atoms with Crippen molar-refractivity contribution in [2.75, 3.05) is 5.75 Å². The highest BCUT2D eigenvalue weighted by Crippen LogP contribution is 2.44. The smallest absolute Gasteiger partial charge is 0.416 e. The van der Waals surface area contributed by atoms with Gasteiger partial charge < -0.3 is 10.4 Å². The Balaban J connectivity index is 2.14. The van der Waals surface area contributed by atoms with Crippen LogP contribution in [0.25, 0.3) is 0 Å². The summed E-state index contributed by atoms with van der Waals surface area (Å²) in [7, 11) is -3.88. The fourth-order valence-electron chi connectivity index (χ4n) is 3.88. The van der Waals surface area contributed by atoms with Crippen LogP contribution in [0.3, 0.4) is 0 Å². The van der Waals surface area contributed by atoms with E-state index in [0.29, 0.717) is 31.7 Å². The Labute approximate surface area is 163 Å². The zero-order chi connectivity index (χ0) is 21.4. The topological polar surface area (TPSA) is 83.5 Å². The normalized spacial score (nSPS) is 24.0. The molecule has 0 atom stereocenters. The van der Waals surface area contributed by atoms with E-state index >= 15 is 0 Å². The van der Waals surface area contributed by atoms with Gasteiger partial charge in [0.15, 0.2) is 9.84 Å². The summed E-state index contributed by atoms with van der Waals surface area (Å²) in [6, 6.07) is 3.79. The predicted octanol–water partition coefficient (Wildman–Crippen LogP) is 4.72. The number of rotatable bonds is 4. The minimum atomic E-state index is -4.61. The van der Waals surface area contributed by atoms with Crippen molar-refractivity contribution >= 4 is 15.9 Å². The number of nitrogens with one attached hydrogen (secondary N) is 1. The Kier molecular flexibility index (Phi) is 6.09. The zero-order valence-corrected chi connectivity index (χ0v) is 17.0. The molecule has 28 heavy (non-hydrogen) atoms. The van der Waals surface area contributed by atoms with Gasteiger partial charge in [-0.15, -0.1) is 0 Å². The van der Waals surface area contributed by atoms with Crippen molar-refractivity contribution in [3.8, 4) is 0 Å². The molecule has 1 aromatic rings. The SMILES string of the molecule is CC(C)(C)C1(NC(=O)O)CCC(CS(=O)(=O)c2cccc(C(F)(F)F)c2)CC1. The molecule has 9 heteroatoms. The highest BCUT2D eigenvalue weighted by atomic mass is 32.2. The first-order valence-corrected chi connectivity index (χ1v) is 10.7. The van der Waals surface area contributed by atoms with E-state index in [9.17, 15) is 31.5 Å². The Morgan fingerprint density at radius 2 is 1.79 bits per heavy atom. The number of sulfone groups is 1. The van der Waals surface area contributed by atoms with Crippen molar-refractivity contribution in [1.82, 2.24) is 5.32 Å². The van der Waals surface area contributed by atoms with Crippen LogP contribution in [0.5, 0.6) is 0 Å². The lowest BCUT2D eigenvalue weighted by Crippen LogP contribution is -2.58. The van der Waals surface area contributed by atoms with E-state index in [1.807, 2.05) is 20.8 Å². The van der Waals surface area contributed by atoms with Crippen LogP contribution in [0.4, 0.5) is 18.0 Å². The molecule has 0 unspecified atom stereocenters. The number of amides is 1. The van der Waals surface area contributed by atoms with Gasteiger partial charge >= 0.3 is 12.3 Å². The van der Waals surface area contributed by atoms with Crippen LogP contribution < -0.4 is 5.32 Å². The second-order valence-corrected chi connectivity index (χ2v) is 10.5. The molecule has 5 nitrogen and oxygen atoms in total. The van der Waals surface area contributed by atoms with E-state index in [1.165, 1.54) is 6.07 Å². The van der Waals surface area contributed by atoms with Gasteiger partial charge in [-0.1, -0.05) is 26.8 Å². The van der Waals surface area contributed by atoms with E-state index in [-0.39, 0.29) is 22.0 Å². The van der Waals surface area contributed by atoms with E-state index < -0.39 is 33.2 Å². The van der Waals surface area contributed by atoms with Crippen LogP contribution in [0, 0.1) is 11.3 Å². The number of carbonyl (C=O) groups is 1. The van der Waals surface area contributed by atoms with Gasteiger partial charge in [0.25, 0.3) is 0 Å². The fourth-order valence-corrected chi connectivity index (χ4v) is 5.62. The van der Waals surface area contributed by atoms with Crippen LogP contribution in [-0.4, -0.2) is 30.9 Å². The third-order valence-corrected chi connectivity index (χ3v) is 7.60. The Morgan fingerprint density at radius 3 is 2.25 bits per heavy atom. The lowest BCUT2D eigenvalue weighted by atomic mass is 9.64. The standard InChI is InChI=1S/C19H26F3NO4S/c1-17(2,3)18(23-16(24)25)9-7-13(8-10-18)12-28(26,27)15-6-4-5-14(11-15)19(20,21)22/h4-6,11,13,23H,7-10,12H2,1-3H3,(H,24,25). The average Bonchev–Trinajstić information content (AvgIpc) is 2.54. The van der Waals surface area contributed by atoms with Gasteiger partial charge in [0.2, 0.25) is 0 Å². The molecule has 1 amide bonds. The van der Waals surface area contributed by atoms with E-state index in [2.05, 4.69) is 5.32 Å². The molecule has 0 heterocycles. The maximum atomic E-state index is 12.9. The second kappa shape index (κ2) is 7.57. The van der Waals surface area contributed by atoms with E-state index in [0.717, 1.165) is 12.1 Å². The van der Waals surface area contributed by atoms with E-state index in [1.54, 1.807) is 0 Å². The maximum Gasteiger partial charge on any atom is 0.416 e. The Morgan fingerprint density at radius 1 is 1.21 bits per heavy atom. The van der Waals surface area contributed by atoms with Crippen LogP contribution in [0.2, 0.25) is 0 Å². The minimum absolute atomic E-state index is 0.231. The van der Waals surface area contributed by atoms with Gasteiger partial charge in [-0.05, 0) is 55.2 Å². The molecule has 1 aliphatic rings. The highest BCUT2D eigenvalue weighted by Gasteiger charge is 2.46. The summed E-state index contributed by atoms with van der Waals surface area (Å²) in [6.07, 6.45) is -3.81. The van der Waals surface area contributed by atoms with Crippen LogP contribution in [0.15, 0.2) is 29.2 Å². The highest BCUT2D eigenvalue weighted by molar-refractivity contribution is 7.91. The lowest BCUT2D eigenvalue weighted by Gasteiger charge is -2.49. The molecule has 1 fully saturated rings. The molecule has 0 radical (unpaired) electrons. The van der Waals surface area contributed by atoms with Crippen LogP contribution in [-0.2, 0) is 16.0 Å². The Bertz CT molecular complexity index is 820. The van der Waals surface area contributed by atoms with Gasteiger partial charge in [0.05, 0.1) is 16.2 Å². The summed E-state index contributed by atoms with van der Waals surface area (Å²) in [5.74, 6) is -0.479. The molecule has 1 aliphatic carbocycles. The molecule has 0 spiro atoms. The summed E-state index contributed by atoms with van der Waals surface area (Å²) >= 11 is 0. The monoisotopic (exact) mass is 421 g/mol. The number of hydrogen-bond acceptors (Lipinski definition) is 3. The summed E-state index contributed by atoms with van der Waals surface area (Å²) < 4.78 is 63.9. The fraction of sp³-hybridized carbons (Fsp3) is 0.632. The molecule has 2 N–H and O–H groups in total. The first kappa shape index (κ1) is 22.5. The number of halogens is 3. The average molecular weight is 421 g/mol. The third kappa shape index (κ3) is 4.98. The van der Waals surface area contributed by atoms with Crippen molar-refractivity contribution in [3.05, 3.63) is 29.8 Å². The third-order valence-electron chi connectivity index (χ3n) is 5.72. The summed E-state index contributed by atoms with van der Waals surface area (Å²) in [6.45, 7) is 5.80. The molecular formula is C19H26F3NO4S. The second-order valence-electron chi connectivity index (χ2n) is 8.51. The van der Waals surface area contributed by atoms with Crippen LogP contribution >= 0.6 is 0 Å². The van der Waals surface area contributed by atoms with Gasteiger partial charge in [0, 0.05) is 5.54 Å². The van der Waals surface area contributed by atoms with Crippen molar-refractivity contribution in [2.45, 2.75) is 63.1 Å². The summed E-state index contributed by atoms with van der Waals surface area (Å²) in [4.78, 5) is 10.9. The Hall–Kier alpha value is -1.77. The molecule has 1 aromatic carbocycles. The molecule has 0 aliphatic heterocycles. The van der Waals surface area contributed by atoms with Crippen molar-refractivity contribution in [2.24, 2.45) is 11.3 Å². The number of carboxylic acid groups (broad SMARTS) is 1. The van der Waals surface area contributed by atoms with Crippen molar-refractivity contribution in [1.29, 1.82) is 0 Å². The first-order chi connectivity index (χ1) is 12.7. The van der Waals surface area contributed by atoms with Crippen LogP contribution in [0.1, 0.15) is 52.0 Å². The van der Waals surface area contributed by atoms with Crippen molar-refractivity contribution < 1.29 is 31.5 Å². The first-order valence-electron chi connectivity index (χ1n) is 9.07. The van der Waals surface area contributed by atoms with Gasteiger partial charge in [-0.3, -0.25) is 0 Å². The molecule has 0 bridgehead atoms. The maximum absolute atomic E-state index is 12.9. The van der Waals surface area contributed by atoms with Gasteiger partial charge in [-0.2, -0.15) is 13.2 Å². The van der Waals surface area contributed by atoms with Gasteiger partial charge in [-0.25, -0.2) is 13.2 Å². The summed E-state index contributed by atoms with van der Waals surface area (Å²) in [5, 5.41) is 11.8. The molecular weight excluding hydrogens is 395 g/mol. The molecule has 158 valence electrons. The number of alkyl halides is 3. The molecule has 0 saturated heterocycles. The molecule has 1 saturated carbocycles. The quantitative estimate of drug-likeness (QED) is 0.737. The van der Waals surface area contributed by atoms with E-state index in [4.69, 9.17) is 0 Å². The predicted molar refractivity (Wildman–Crippen MR) is 98.8 cm³/mol. The molecule has 0 aromatic heterocycles. The summed E-state index contributed by atoms with van der Waals surface area (Å²) in [5.41, 5.74) is -2.00.